The van der Waals surface area contributed by atoms with Crippen LogP contribution in [-0.4, -0.2) is 49.2 Å². The fourth-order valence-corrected chi connectivity index (χ4v) is 4.64. The van der Waals surface area contributed by atoms with Crippen molar-refractivity contribution in [1.29, 1.82) is 0 Å². The molecule has 1 saturated heterocycles. The Morgan fingerprint density at radius 3 is 2.38 bits per heavy atom. The van der Waals surface area contributed by atoms with Crippen molar-refractivity contribution in [2.45, 2.75) is 17.7 Å². The standard InChI is InChI=1S/C19H19ClN4O7S/c20-14-5-3-13(4-6-14)19(26)22-21-18(25)12-31-17-8-7-15(11-16(17)24(27)28)32(29,30)23-9-1-2-10-23/h3-8,11H,1-2,9-10,12H2,(H,21,25)(H,22,26). The summed E-state index contributed by atoms with van der Waals surface area (Å²) in [7, 11) is -3.85. The van der Waals surface area contributed by atoms with Gasteiger partial charge in [-0.3, -0.25) is 30.6 Å². The maximum atomic E-state index is 12.6. The van der Waals surface area contributed by atoms with Crippen molar-refractivity contribution in [3.05, 3.63) is 63.2 Å². The van der Waals surface area contributed by atoms with Gasteiger partial charge in [-0.15, -0.1) is 0 Å². The molecule has 1 aliphatic heterocycles. The van der Waals surface area contributed by atoms with Crippen LogP contribution >= 0.6 is 11.6 Å². The summed E-state index contributed by atoms with van der Waals surface area (Å²) in [5.41, 5.74) is 3.95. The number of nitrogens with zero attached hydrogens (tertiary/aromatic N) is 2. The summed E-state index contributed by atoms with van der Waals surface area (Å²) < 4.78 is 31.7. The Bertz CT molecular complexity index is 1130. The van der Waals surface area contributed by atoms with E-state index in [1.165, 1.54) is 34.6 Å². The molecule has 11 nitrogen and oxygen atoms in total. The molecule has 1 fully saturated rings. The highest BCUT2D eigenvalue weighted by Crippen LogP contribution is 2.31. The minimum atomic E-state index is -3.85. The van der Waals surface area contributed by atoms with Gasteiger partial charge >= 0.3 is 5.69 Å². The SMILES string of the molecule is O=C(COc1ccc(S(=O)(=O)N2CCCC2)cc1[N+](=O)[O-])NNC(=O)c1ccc(Cl)cc1. The number of nitrogens with one attached hydrogen (secondary N) is 2. The van der Waals surface area contributed by atoms with Gasteiger partial charge in [-0.2, -0.15) is 4.31 Å². The van der Waals surface area contributed by atoms with E-state index in [1.54, 1.807) is 0 Å². The molecule has 170 valence electrons. The summed E-state index contributed by atoms with van der Waals surface area (Å²) in [5.74, 6) is -1.66. The number of sulfonamides is 1. The Labute approximate surface area is 188 Å². The number of benzene rings is 2. The molecule has 0 aliphatic carbocycles. The minimum absolute atomic E-state index is 0.224. The van der Waals surface area contributed by atoms with Crippen molar-refractivity contribution in [3.63, 3.8) is 0 Å². The number of amides is 2. The highest BCUT2D eigenvalue weighted by molar-refractivity contribution is 7.89. The summed E-state index contributed by atoms with van der Waals surface area (Å²) in [6.07, 6.45) is 1.46. The normalized spacial score (nSPS) is 14.0. The highest BCUT2D eigenvalue weighted by Gasteiger charge is 2.30. The second kappa shape index (κ2) is 9.94. The molecule has 0 radical (unpaired) electrons. The average molecular weight is 483 g/mol. The van der Waals surface area contributed by atoms with Crippen LogP contribution in [0.5, 0.6) is 5.75 Å². The molecular formula is C19H19ClN4O7S. The Balaban J connectivity index is 1.62. The average Bonchev–Trinajstić information content (AvgIpc) is 3.32. The van der Waals surface area contributed by atoms with Gasteiger partial charge in [0, 0.05) is 29.7 Å². The van der Waals surface area contributed by atoms with Crippen molar-refractivity contribution >= 4 is 39.1 Å². The van der Waals surface area contributed by atoms with Gasteiger partial charge < -0.3 is 4.74 Å². The summed E-state index contributed by atoms with van der Waals surface area (Å²) >= 11 is 5.74. The Hall–Kier alpha value is -3.22. The zero-order valence-corrected chi connectivity index (χ0v) is 18.2. The summed E-state index contributed by atoms with van der Waals surface area (Å²) in [5, 5.41) is 11.9. The fourth-order valence-electron chi connectivity index (χ4n) is 2.98. The van der Waals surface area contributed by atoms with E-state index in [4.69, 9.17) is 16.3 Å². The Kier molecular flexibility index (Phi) is 7.28. The Morgan fingerprint density at radius 2 is 1.75 bits per heavy atom. The van der Waals surface area contributed by atoms with Crippen LogP contribution < -0.4 is 15.6 Å². The largest absolute Gasteiger partial charge is 0.477 e. The molecule has 0 spiro atoms. The summed E-state index contributed by atoms with van der Waals surface area (Å²) in [6, 6.07) is 9.16. The third kappa shape index (κ3) is 5.52. The van der Waals surface area contributed by atoms with E-state index < -0.39 is 39.1 Å². The van der Waals surface area contributed by atoms with E-state index in [0.717, 1.165) is 25.0 Å². The third-order valence-electron chi connectivity index (χ3n) is 4.61. The number of nitro groups is 1. The number of nitro benzene ring substituents is 1. The van der Waals surface area contributed by atoms with Crippen LogP contribution in [-0.2, 0) is 14.8 Å². The molecule has 2 aromatic rings. The lowest BCUT2D eigenvalue weighted by molar-refractivity contribution is -0.386. The van der Waals surface area contributed by atoms with E-state index in [9.17, 15) is 28.1 Å². The third-order valence-corrected chi connectivity index (χ3v) is 6.76. The van der Waals surface area contributed by atoms with Crippen molar-refractivity contribution in [2.75, 3.05) is 19.7 Å². The molecule has 0 bridgehead atoms. The van der Waals surface area contributed by atoms with Crippen LogP contribution in [0.2, 0.25) is 5.02 Å². The van der Waals surface area contributed by atoms with E-state index >= 15 is 0 Å². The predicted molar refractivity (Wildman–Crippen MR) is 114 cm³/mol. The number of carbonyl (C=O) groups excluding carboxylic acids is 2. The Morgan fingerprint density at radius 1 is 1.09 bits per heavy atom. The van der Waals surface area contributed by atoms with Crippen LogP contribution in [0, 0.1) is 10.1 Å². The number of hydrazine groups is 1. The molecule has 2 amide bonds. The molecule has 0 aromatic heterocycles. The quantitative estimate of drug-likeness (QED) is 0.452. The van der Waals surface area contributed by atoms with E-state index in [0.29, 0.717) is 18.1 Å². The number of carbonyl (C=O) groups is 2. The molecule has 0 atom stereocenters. The summed E-state index contributed by atoms with van der Waals surface area (Å²) in [4.78, 5) is 34.3. The molecule has 2 N–H and O–H groups in total. The summed E-state index contributed by atoms with van der Waals surface area (Å²) in [6.45, 7) is 0.0621. The first kappa shape index (κ1) is 23.4. The molecule has 0 saturated carbocycles. The lowest BCUT2D eigenvalue weighted by Crippen LogP contribution is -2.43. The van der Waals surface area contributed by atoms with Gasteiger partial charge in [0.25, 0.3) is 11.8 Å². The number of rotatable bonds is 7. The van der Waals surface area contributed by atoms with Gasteiger partial charge in [0.2, 0.25) is 10.0 Å². The van der Waals surface area contributed by atoms with Crippen molar-refractivity contribution in [2.24, 2.45) is 0 Å². The maximum Gasteiger partial charge on any atom is 0.312 e. The second-order valence-electron chi connectivity index (χ2n) is 6.80. The van der Waals surface area contributed by atoms with E-state index in [2.05, 4.69) is 10.9 Å². The van der Waals surface area contributed by atoms with Crippen LogP contribution in [0.15, 0.2) is 47.4 Å². The molecule has 0 unspecified atom stereocenters. The van der Waals surface area contributed by atoms with Gasteiger partial charge in [0.05, 0.1) is 9.82 Å². The predicted octanol–water partition coefficient (Wildman–Crippen LogP) is 1.87. The van der Waals surface area contributed by atoms with Crippen LogP contribution in [0.25, 0.3) is 0 Å². The van der Waals surface area contributed by atoms with E-state index in [-0.39, 0.29) is 16.2 Å². The number of hydrogen-bond acceptors (Lipinski definition) is 7. The number of halogens is 1. The first-order valence-electron chi connectivity index (χ1n) is 9.44. The molecule has 32 heavy (non-hydrogen) atoms. The lowest BCUT2D eigenvalue weighted by atomic mass is 10.2. The van der Waals surface area contributed by atoms with Crippen LogP contribution in [0.3, 0.4) is 0 Å². The molecular weight excluding hydrogens is 464 g/mol. The number of ether oxygens (including phenoxy) is 1. The van der Waals surface area contributed by atoms with Gasteiger partial charge in [-0.1, -0.05) is 11.6 Å². The van der Waals surface area contributed by atoms with Gasteiger partial charge in [-0.25, -0.2) is 8.42 Å². The van der Waals surface area contributed by atoms with Gasteiger partial charge in [0.1, 0.15) is 0 Å². The minimum Gasteiger partial charge on any atom is -0.477 e. The smallest absolute Gasteiger partial charge is 0.312 e. The molecule has 2 aromatic carbocycles. The van der Waals surface area contributed by atoms with Gasteiger partial charge in [0.15, 0.2) is 12.4 Å². The van der Waals surface area contributed by atoms with Crippen molar-refractivity contribution in [1.82, 2.24) is 15.2 Å². The number of hydrogen-bond donors (Lipinski definition) is 2. The zero-order valence-electron chi connectivity index (χ0n) is 16.6. The lowest BCUT2D eigenvalue weighted by Gasteiger charge is -2.16. The molecule has 3 rings (SSSR count). The van der Waals surface area contributed by atoms with Crippen LogP contribution in [0.1, 0.15) is 23.2 Å². The van der Waals surface area contributed by atoms with Crippen molar-refractivity contribution < 1.29 is 27.7 Å². The maximum absolute atomic E-state index is 12.6. The highest BCUT2D eigenvalue weighted by atomic mass is 35.5. The molecule has 13 heteroatoms. The monoisotopic (exact) mass is 482 g/mol. The first-order valence-corrected chi connectivity index (χ1v) is 11.3. The van der Waals surface area contributed by atoms with E-state index in [1.807, 2.05) is 0 Å². The first-order chi connectivity index (χ1) is 15.2. The molecule has 1 aliphatic rings. The second-order valence-corrected chi connectivity index (χ2v) is 9.17. The van der Waals surface area contributed by atoms with Crippen molar-refractivity contribution in [3.8, 4) is 5.75 Å². The zero-order chi connectivity index (χ0) is 23.3. The van der Waals surface area contributed by atoms with Gasteiger partial charge in [-0.05, 0) is 49.2 Å². The topological polar surface area (TPSA) is 148 Å². The molecule has 1 heterocycles. The van der Waals surface area contributed by atoms with Crippen LogP contribution in [0.4, 0.5) is 5.69 Å². The fraction of sp³-hybridized carbons (Fsp3) is 0.263.